The Hall–Kier alpha value is -2.81. The van der Waals surface area contributed by atoms with Crippen molar-refractivity contribution in [2.75, 3.05) is 38.8 Å². The molecule has 2 N–H and O–H groups in total. The molecular formula is C23H35N5O4. The van der Waals surface area contributed by atoms with Crippen LogP contribution >= 0.6 is 0 Å². The minimum atomic E-state index is -0.721. The summed E-state index contributed by atoms with van der Waals surface area (Å²) in [5.41, 5.74) is 1.23. The van der Waals surface area contributed by atoms with Crippen LogP contribution in [0.3, 0.4) is 0 Å². The predicted molar refractivity (Wildman–Crippen MR) is 126 cm³/mol. The normalized spacial score (nSPS) is 15.8. The summed E-state index contributed by atoms with van der Waals surface area (Å²) in [7, 11) is 3.34. The maximum atomic E-state index is 12.9. The van der Waals surface area contributed by atoms with E-state index in [1.807, 2.05) is 19.1 Å². The van der Waals surface area contributed by atoms with E-state index in [2.05, 4.69) is 15.6 Å². The Bertz CT molecular complexity index is 819. The Labute approximate surface area is 189 Å². The summed E-state index contributed by atoms with van der Waals surface area (Å²) in [5.74, 6) is -0.528. The molecule has 0 heterocycles. The zero-order chi connectivity index (χ0) is 23.6. The molecule has 0 radical (unpaired) electrons. The molecule has 176 valence electrons. The third kappa shape index (κ3) is 7.12. The van der Waals surface area contributed by atoms with Crippen LogP contribution in [0.5, 0.6) is 0 Å². The summed E-state index contributed by atoms with van der Waals surface area (Å²) in [5, 5.41) is 20.9. The predicted octanol–water partition coefficient (Wildman–Crippen LogP) is 2.85. The molecule has 1 aliphatic rings. The fraction of sp³-hybridized carbons (Fsp3) is 0.609. The van der Waals surface area contributed by atoms with Gasteiger partial charge in [-0.1, -0.05) is 36.9 Å². The maximum Gasteiger partial charge on any atom is 0.266 e. The third-order valence-corrected chi connectivity index (χ3v) is 6.01. The number of hydrogen-bond acceptors (Lipinski definition) is 7. The van der Waals surface area contributed by atoms with Crippen molar-refractivity contribution in [3.63, 3.8) is 0 Å². The second-order valence-corrected chi connectivity index (χ2v) is 8.52. The Balaban J connectivity index is 2.05. The van der Waals surface area contributed by atoms with Gasteiger partial charge in [-0.2, -0.15) is 10.0 Å². The number of benzene rings is 1. The highest BCUT2D eigenvalue weighted by molar-refractivity contribution is 6.26. The van der Waals surface area contributed by atoms with E-state index >= 15 is 0 Å². The lowest BCUT2D eigenvalue weighted by atomic mass is 9.91. The quantitative estimate of drug-likeness (QED) is 0.249. The molecule has 9 nitrogen and oxygen atoms in total. The van der Waals surface area contributed by atoms with Gasteiger partial charge in [-0.05, 0) is 43.9 Å². The third-order valence-electron chi connectivity index (χ3n) is 6.01. The standard InChI is InChI=1S/C23H35N5O4/c1-18-9-10-19(28(3)25-16-21(30)27(2)13-8-14-29)15-20(18)22(31)24-17-23(26-32)11-6-4-5-7-12-23/h9-10,15-16,29H,4-8,11-14,17H2,1-3H3,(H,24,31)/b25-16-. The van der Waals surface area contributed by atoms with Crippen LogP contribution in [0.15, 0.2) is 28.5 Å². The van der Waals surface area contributed by atoms with Crippen LogP contribution in [-0.4, -0.2) is 67.4 Å². The van der Waals surface area contributed by atoms with E-state index < -0.39 is 5.54 Å². The van der Waals surface area contributed by atoms with Crippen LogP contribution in [0.25, 0.3) is 0 Å². The minimum absolute atomic E-state index is 0.0207. The SMILES string of the molecule is Cc1ccc(N(C)/N=C\C(=O)N(C)CCCO)cc1C(=O)NCC1(N=O)CCCCCC1. The van der Waals surface area contributed by atoms with Crippen LogP contribution in [-0.2, 0) is 4.79 Å². The van der Waals surface area contributed by atoms with Gasteiger partial charge in [-0.25, -0.2) is 0 Å². The second-order valence-electron chi connectivity index (χ2n) is 8.52. The molecule has 32 heavy (non-hydrogen) atoms. The molecule has 1 saturated carbocycles. The summed E-state index contributed by atoms with van der Waals surface area (Å²) in [6, 6.07) is 5.37. The van der Waals surface area contributed by atoms with Gasteiger partial charge in [-0.15, -0.1) is 0 Å². The lowest BCUT2D eigenvalue weighted by Crippen LogP contribution is -2.41. The van der Waals surface area contributed by atoms with Crippen LogP contribution in [0.1, 0.15) is 60.9 Å². The number of carbonyl (C=O) groups excluding carboxylic acids is 2. The van der Waals surface area contributed by atoms with E-state index in [1.54, 1.807) is 20.2 Å². The van der Waals surface area contributed by atoms with Crippen molar-refractivity contribution >= 4 is 23.7 Å². The number of nitroso groups, excluding NO2 is 1. The maximum absolute atomic E-state index is 12.9. The van der Waals surface area contributed by atoms with Gasteiger partial charge in [0.1, 0.15) is 11.8 Å². The molecule has 1 aromatic carbocycles. The fourth-order valence-electron chi connectivity index (χ4n) is 3.80. The molecule has 1 aliphatic carbocycles. The lowest BCUT2D eigenvalue weighted by Gasteiger charge is -2.25. The van der Waals surface area contributed by atoms with E-state index in [0.717, 1.165) is 31.2 Å². The molecule has 9 heteroatoms. The first kappa shape index (κ1) is 25.5. The number of carbonyl (C=O) groups is 2. The highest BCUT2D eigenvalue weighted by Gasteiger charge is 2.33. The molecule has 0 aromatic heterocycles. The van der Waals surface area contributed by atoms with E-state index in [0.29, 0.717) is 37.1 Å². The summed E-state index contributed by atoms with van der Waals surface area (Å²) >= 11 is 0. The number of hydrogen-bond donors (Lipinski definition) is 2. The summed E-state index contributed by atoms with van der Waals surface area (Å²) in [4.78, 5) is 38.0. The van der Waals surface area contributed by atoms with Gasteiger partial charge < -0.3 is 15.3 Å². The van der Waals surface area contributed by atoms with Gasteiger partial charge >= 0.3 is 0 Å². The van der Waals surface area contributed by atoms with Crippen LogP contribution in [0, 0.1) is 11.8 Å². The number of rotatable bonds is 10. The summed E-state index contributed by atoms with van der Waals surface area (Å²) in [6.45, 7) is 2.55. The van der Waals surface area contributed by atoms with Crippen molar-refractivity contribution in [1.29, 1.82) is 0 Å². The van der Waals surface area contributed by atoms with E-state index in [1.165, 1.54) is 16.1 Å². The molecule has 0 aliphatic heterocycles. The Morgan fingerprint density at radius 1 is 1.19 bits per heavy atom. The monoisotopic (exact) mass is 445 g/mol. The lowest BCUT2D eigenvalue weighted by molar-refractivity contribution is -0.122. The van der Waals surface area contributed by atoms with Gasteiger partial charge in [0.25, 0.3) is 11.8 Å². The largest absolute Gasteiger partial charge is 0.396 e. The van der Waals surface area contributed by atoms with Gasteiger partial charge in [0.05, 0.1) is 5.69 Å². The van der Waals surface area contributed by atoms with Crippen molar-refractivity contribution in [2.45, 2.75) is 57.4 Å². The number of hydrazone groups is 1. The van der Waals surface area contributed by atoms with E-state index in [4.69, 9.17) is 5.11 Å². The van der Waals surface area contributed by atoms with Crippen molar-refractivity contribution in [1.82, 2.24) is 10.2 Å². The highest BCUT2D eigenvalue weighted by Crippen LogP contribution is 2.30. The van der Waals surface area contributed by atoms with Crippen molar-refractivity contribution in [3.05, 3.63) is 34.2 Å². The topological polar surface area (TPSA) is 115 Å². The molecule has 2 rings (SSSR count). The van der Waals surface area contributed by atoms with Crippen molar-refractivity contribution < 1.29 is 14.7 Å². The van der Waals surface area contributed by atoms with Gasteiger partial charge in [0.15, 0.2) is 0 Å². The van der Waals surface area contributed by atoms with E-state index in [-0.39, 0.29) is 25.0 Å². The number of amides is 2. The molecule has 0 spiro atoms. The first-order valence-electron chi connectivity index (χ1n) is 11.2. The Morgan fingerprint density at radius 3 is 2.50 bits per heavy atom. The number of aliphatic hydroxyl groups excluding tert-OH is 1. The van der Waals surface area contributed by atoms with Crippen LogP contribution in [0.4, 0.5) is 5.69 Å². The zero-order valence-corrected chi connectivity index (χ0v) is 19.3. The average Bonchev–Trinajstić information content (AvgIpc) is 3.05. The average molecular weight is 446 g/mol. The van der Waals surface area contributed by atoms with Crippen LogP contribution < -0.4 is 10.3 Å². The first-order chi connectivity index (χ1) is 15.3. The van der Waals surface area contributed by atoms with Gasteiger partial charge in [-0.3, -0.25) is 14.6 Å². The second kappa shape index (κ2) is 12.3. The zero-order valence-electron chi connectivity index (χ0n) is 19.3. The molecule has 0 bridgehead atoms. The fourth-order valence-corrected chi connectivity index (χ4v) is 3.80. The first-order valence-corrected chi connectivity index (χ1v) is 11.2. The molecule has 0 atom stereocenters. The molecular weight excluding hydrogens is 410 g/mol. The molecule has 1 fully saturated rings. The molecule has 0 unspecified atom stereocenters. The number of aliphatic hydroxyl groups is 1. The van der Waals surface area contributed by atoms with Crippen molar-refractivity contribution in [2.24, 2.45) is 10.3 Å². The number of nitrogens with zero attached hydrogens (tertiary/aromatic N) is 4. The van der Waals surface area contributed by atoms with E-state index in [9.17, 15) is 14.5 Å². The molecule has 1 aromatic rings. The minimum Gasteiger partial charge on any atom is -0.396 e. The smallest absolute Gasteiger partial charge is 0.266 e. The molecule has 0 saturated heterocycles. The van der Waals surface area contributed by atoms with Gasteiger partial charge in [0.2, 0.25) is 0 Å². The highest BCUT2D eigenvalue weighted by atomic mass is 16.3. The summed E-state index contributed by atoms with van der Waals surface area (Å²) in [6.07, 6.45) is 7.21. The number of aryl methyl sites for hydroxylation is 1. The van der Waals surface area contributed by atoms with Gasteiger partial charge in [0, 0.05) is 39.4 Å². The Morgan fingerprint density at radius 2 is 1.88 bits per heavy atom. The van der Waals surface area contributed by atoms with Crippen LogP contribution in [0.2, 0.25) is 0 Å². The number of anilines is 1. The number of nitrogens with one attached hydrogen (secondary N) is 1. The van der Waals surface area contributed by atoms with Crippen molar-refractivity contribution in [3.8, 4) is 0 Å². The Kier molecular flexibility index (Phi) is 9.77. The molecule has 2 amide bonds. The summed E-state index contributed by atoms with van der Waals surface area (Å²) < 4.78 is 0.